The fraction of sp³-hybridized carbons (Fsp3) is 0. The molecule has 13 rings (SSSR count). The maximum absolute atomic E-state index is 2.42. The second kappa shape index (κ2) is 13.4. The van der Waals surface area contributed by atoms with Crippen molar-refractivity contribution in [1.29, 1.82) is 0 Å². The second-order valence-corrected chi connectivity index (χ2v) is 17.2. The Hall–Kier alpha value is -7.72. The topological polar surface area (TPSA) is 9.86 Å². The summed E-state index contributed by atoms with van der Waals surface area (Å²) >= 11 is 1.87. The molecule has 0 fully saturated rings. The third-order valence-electron chi connectivity index (χ3n) is 12.7. The highest BCUT2D eigenvalue weighted by Crippen LogP contribution is 2.43. The van der Waals surface area contributed by atoms with Crippen molar-refractivity contribution in [2.45, 2.75) is 0 Å². The molecule has 3 aromatic heterocycles. The smallest absolute Gasteiger partial charge is 0.0541 e. The molecule has 0 aliphatic rings. The van der Waals surface area contributed by atoms with Crippen molar-refractivity contribution in [2.24, 2.45) is 0 Å². The predicted molar refractivity (Wildman–Crippen MR) is 262 cm³/mol. The summed E-state index contributed by atoms with van der Waals surface area (Å²) in [6.45, 7) is 0. The lowest BCUT2D eigenvalue weighted by Crippen LogP contribution is -1.94. The van der Waals surface area contributed by atoms with Crippen molar-refractivity contribution < 1.29 is 0 Å². The Labute approximate surface area is 356 Å². The molecule has 0 spiro atoms. The van der Waals surface area contributed by atoms with Crippen LogP contribution < -0.4 is 0 Å². The number of hydrogen-bond donors (Lipinski definition) is 0. The molecule has 0 N–H and O–H groups in total. The number of rotatable bonds is 5. The van der Waals surface area contributed by atoms with Crippen LogP contribution in [0.25, 0.3) is 119 Å². The summed E-state index contributed by atoms with van der Waals surface area (Å²) in [5.41, 5.74) is 14.5. The fourth-order valence-corrected chi connectivity index (χ4v) is 11.0. The van der Waals surface area contributed by atoms with Gasteiger partial charge in [-0.3, -0.25) is 0 Å². The van der Waals surface area contributed by atoms with E-state index in [0.29, 0.717) is 0 Å². The Morgan fingerprint density at radius 3 is 1.54 bits per heavy atom. The van der Waals surface area contributed by atoms with Gasteiger partial charge in [-0.15, -0.1) is 11.3 Å². The van der Waals surface area contributed by atoms with Crippen molar-refractivity contribution >= 4 is 85.9 Å². The van der Waals surface area contributed by atoms with Crippen LogP contribution in [0.1, 0.15) is 0 Å². The quantitative estimate of drug-likeness (QED) is 0.164. The van der Waals surface area contributed by atoms with Crippen LogP contribution in [0.3, 0.4) is 0 Å². The van der Waals surface area contributed by atoms with Gasteiger partial charge in [0.05, 0.1) is 22.1 Å². The first-order valence-electron chi connectivity index (χ1n) is 20.9. The maximum Gasteiger partial charge on any atom is 0.0541 e. The number of aromatic nitrogens is 2. The average Bonchev–Trinajstić information content (AvgIpc) is 3.99. The SMILES string of the molecule is c1ccc(-n2c3ccc(-c4ccc5c(c4)c4ccccc4n5-c4ccc(-c5ccc6ccccc6c5)cc4)cc3c3cc(-c4cccc5sc6ccccc6c45)ccc32)cc1. The molecule has 3 heteroatoms. The Morgan fingerprint density at radius 2 is 0.787 bits per heavy atom. The van der Waals surface area contributed by atoms with Crippen molar-refractivity contribution in [2.75, 3.05) is 0 Å². The molecule has 0 atom stereocenters. The van der Waals surface area contributed by atoms with E-state index in [1.165, 1.54) is 108 Å². The minimum atomic E-state index is 1.15. The molecule has 13 aromatic rings. The highest BCUT2D eigenvalue weighted by atomic mass is 32.1. The van der Waals surface area contributed by atoms with Gasteiger partial charge in [0.15, 0.2) is 0 Å². The highest BCUT2D eigenvalue weighted by molar-refractivity contribution is 7.25. The largest absolute Gasteiger partial charge is 0.309 e. The van der Waals surface area contributed by atoms with E-state index in [9.17, 15) is 0 Å². The van der Waals surface area contributed by atoms with Gasteiger partial charge >= 0.3 is 0 Å². The Bertz CT molecular complexity index is 3860. The Kier molecular flexibility index (Phi) is 7.51. The van der Waals surface area contributed by atoms with Crippen LogP contribution in [0.2, 0.25) is 0 Å². The summed E-state index contributed by atoms with van der Waals surface area (Å²) in [6, 6.07) is 80.5. The van der Waals surface area contributed by atoms with Crippen LogP contribution in [0.5, 0.6) is 0 Å². The van der Waals surface area contributed by atoms with Crippen molar-refractivity contribution in [3.63, 3.8) is 0 Å². The minimum Gasteiger partial charge on any atom is -0.309 e. The molecular weight excluding hydrogens is 757 g/mol. The number of benzene rings is 10. The second-order valence-electron chi connectivity index (χ2n) is 16.1. The molecule has 0 aliphatic heterocycles. The lowest BCUT2D eigenvalue weighted by molar-refractivity contribution is 1.18. The number of para-hydroxylation sites is 2. The van der Waals surface area contributed by atoms with E-state index in [0.717, 1.165) is 11.4 Å². The molecule has 10 aromatic carbocycles. The van der Waals surface area contributed by atoms with Gasteiger partial charge in [0.1, 0.15) is 0 Å². The lowest BCUT2D eigenvalue weighted by atomic mass is 9.97. The van der Waals surface area contributed by atoms with Crippen LogP contribution >= 0.6 is 11.3 Å². The van der Waals surface area contributed by atoms with Gasteiger partial charge in [0.25, 0.3) is 0 Å². The molecule has 0 saturated carbocycles. The van der Waals surface area contributed by atoms with Gasteiger partial charge in [-0.2, -0.15) is 0 Å². The third-order valence-corrected chi connectivity index (χ3v) is 13.8. The van der Waals surface area contributed by atoms with Gasteiger partial charge in [-0.25, -0.2) is 0 Å². The first kappa shape index (κ1) is 34.2. The Balaban J connectivity index is 0.958. The number of hydrogen-bond acceptors (Lipinski definition) is 1. The number of thiophene rings is 1. The van der Waals surface area contributed by atoms with E-state index in [1.807, 2.05) is 11.3 Å². The fourth-order valence-electron chi connectivity index (χ4n) is 9.84. The summed E-state index contributed by atoms with van der Waals surface area (Å²) in [7, 11) is 0. The molecule has 0 aliphatic carbocycles. The maximum atomic E-state index is 2.42. The zero-order chi connectivity index (χ0) is 40.0. The molecule has 0 amide bonds. The van der Waals surface area contributed by atoms with Crippen molar-refractivity contribution in [3.8, 4) is 44.8 Å². The molecule has 3 heterocycles. The molecular formula is C58H36N2S. The zero-order valence-electron chi connectivity index (χ0n) is 33.1. The molecule has 0 bridgehead atoms. The summed E-state index contributed by atoms with van der Waals surface area (Å²) in [5.74, 6) is 0. The van der Waals surface area contributed by atoms with E-state index in [4.69, 9.17) is 0 Å². The first-order chi connectivity index (χ1) is 30.2. The van der Waals surface area contributed by atoms with Crippen LogP contribution in [-0.2, 0) is 0 Å². The van der Waals surface area contributed by atoms with Gasteiger partial charge in [-0.1, -0.05) is 133 Å². The van der Waals surface area contributed by atoms with Crippen LogP contribution in [0.15, 0.2) is 218 Å². The standard InChI is InChI=1S/C58H36N2S/c1-2-13-44(14-3-1)59-54-31-26-42(35-50(54)51-36-43(27-32-55(51)59)46-17-10-20-57-58(46)48-16-7-9-19-56(48)61-57)41-25-30-53-49(34-41)47-15-6-8-18-52(47)60(53)45-28-23-38(24-29-45)40-22-21-37-11-4-5-12-39(37)33-40/h1-36H. The van der Waals surface area contributed by atoms with Crippen LogP contribution in [-0.4, -0.2) is 9.13 Å². The molecule has 61 heavy (non-hydrogen) atoms. The van der Waals surface area contributed by atoms with E-state index < -0.39 is 0 Å². The van der Waals surface area contributed by atoms with E-state index in [1.54, 1.807) is 0 Å². The lowest BCUT2D eigenvalue weighted by Gasteiger charge is -2.11. The predicted octanol–water partition coefficient (Wildman–Crippen LogP) is 16.4. The number of nitrogens with zero attached hydrogens (tertiary/aromatic N) is 2. The summed E-state index contributed by atoms with van der Waals surface area (Å²) in [4.78, 5) is 0. The van der Waals surface area contributed by atoms with E-state index in [-0.39, 0.29) is 0 Å². The summed E-state index contributed by atoms with van der Waals surface area (Å²) in [6.07, 6.45) is 0. The minimum absolute atomic E-state index is 1.15. The molecule has 0 unspecified atom stereocenters. The number of fused-ring (bicyclic) bond motifs is 10. The molecule has 0 radical (unpaired) electrons. The average molecular weight is 793 g/mol. The molecule has 2 nitrogen and oxygen atoms in total. The molecule has 284 valence electrons. The van der Waals surface area contributed by atoms with Crippen molar-refractivity contribution in [3.05, 3.63) is 218 Å². The van der Waals surface area contributed by atoms with E-state index >= 15 is 0 Å². The van der Waals surface area contributed by atoms with Crippen LogP contribution in [0.4, 0.5) is 0 Å². The summed E-state index contributed by atoms with van der Waals surface area (Å²) < 4.78 is 7.48. The van der Waals surface area contributed by atoms with Crippen LogP contribution in [0, 0.1) is 0 Å². The van der Waals surface area contributed by atoms with Gasteiger partial charge in [-0.05, 0) is 129 Å². The highest BCUT2D eigenvalue weighted by Gasteiger charge is 2.18. The van der Waals surface area contributed by atoms with E-state index in [2.05, 4.69) is 228 Å². The first-order valence-corrected chi connectivity index (χ1v) is 21.7. The van der Waals surface area contributed by atoms with Crippen molar-refractivity contribution in [1.82, 2.24) is 9.13 Å². The van der Waals surface area contributed by atoms with Gasteiger partial charge in [0.2, 0.25) is 0 Å². The monoisotopic (exact) mass is 792 g/mol. The zero-order valence-corrected chi connectivity index (χ0v) is 33.9. The Morgan fingerprint density at radius 1 is 0.279 bits per heavy atom. The third kappa shape index (κ3) is 5.34. The van der Waals surface area contributed by atoms with Gasteiger partial charge in [0, 0.05) is 53.1 Å². The summed E-state index contributed by atoms with van der Waals surface area (Å²) in [5, 5.41) is 10.2. The normalized spacial score (nSPS) is 11.9. The van der Waals surface area contributed by atoms with Gasteiger partial charge < -0.3 is 9.13 Å². The molecule has 0 saturated heterocycles.